The molecule has 0 N–H and O–H groups in total. The first kappa shape index (κ1) is 9.40. The monoisotopic (exact) mass is 174 g/mol. The van der Waals surface area contributed by atoms with Gasteiger partial charge in [0.15, 0.2) is 0 Å². The molecule has 12 heavy (non-hydrogen) atoms. The average Bonchev–Trinajstić information content (AvgIpc) is 2.12. The largest absolute Gasteiger partial charge is 0.306 e. The molecule has 1 atom stereocenters. The molecule has 0 aromatic rings. The number of alkyl halides is 2. The molecular weight excluding hydrogens is 162 g/mol. The molecule has 0 radical (unpaired) electrons. The van der Waals surface area contributed by atoms with Crippen molar-refractivity contribution in [2.75, 3.05) is 20.1 Å². The van der Waals surface area contributed by atoms with Crippen LogP contribution in [0.25, 0.3) is 0 Å². The maximum atomic E-state index is 13.1. The molecule has 1 saturated heterocycles. The molecule has 0 aromatic heterocycles. The maximum absolute atomic E-state index is 13.1. The van der Waals surface area contributed by atoms with Crippen molar-refractivity contribution in [2.45, 2.75) is 18.8 Å². The smallest absolute Gasteiger partial charge is 0.264 e. The first-order valence-corrected chi connectivity index (χ1v) is 4.02. The summed E-state index contributed by atoms with van der Waals surface area (Å²) in [6.07, 6.45) is 0.0850. The summed E-state index contributed by atoms with van der Waals surface area (Å²) in [5.41, 5.74) is 0. The molecular formula is C8H12F2N2. The molecule has 0 saturated carbocycles. The van der Waals surface area contributed by atoms with Gasteiger partial charge in [-0.15, -0.1) is 0 Å². The van der Waals surface area contributed by atoms with Crippen LogP contribution >= 0.6 is 0 Å². The lowest BCUT2D eigenvalue weighted by Crippen LogP contribution is -2.27. The lowest BCUT2D eigenvalue weighted by molar-refractivity contribution is -0.0411. The van der Waals surface area contributed by atoms with Gasteiger partial charge in [-0.1, -0.05) is 0 Å². The SMILES string of the molecule is CN1CCC(C#N)C(F)(F)CC1. The highest BCUT2D eigenvalue weighted by molar-refractivity contribution is 4.95. The second kappa shape index (κ2) is 3.36. The molecule has 1 heterocycles. The lowest BCUT2D eigenvalue weighted by atomic mass is 9.98. The molecule has 0 amide bonds. The van der Waals surface area contributed by atoms with Crippen LogP contribution in [0.4, 0.5) is 8.78 Å². The number of likely N-dealkylation sites (tertiary alicyclic amines) is 1. The van der Waals surface area contributed by atoms with Gasteiger partial charge in [0.25, 0.3) is 5.92 Å². The molecule has 1 rings (SSSR count). The molecule has 2 nitrogen and oxygen atoms in total. The predicted molar refractivity (Wildman–Crippen MR) is 40.8 cm³/mol. The Kier molecular flexibility index (Phi) is 2.63. The molecule has 1 fully saturated rings. The van der Waals surface area contributed by atoms with Crippen molar-refractivity contribution in [1.82, 2.24) is 4.90 Å². The summed E-state index contributed by atoms with van der Waals surface area (Å²) in [5, 5.41) is 8.49. The Labute approximate surface area is 70.8 Å². The first-order valence-electron chi connectivity index (χ1n) is 4.02. The Morgan fingerprint density at radius 1 is 1.50 bits per heavy atom. The average molecular weight is 174 g/mol. The zero-order valence-electron chi connectivity index (χ0n) is 7.06. The van der Waals surface area contributed by atoms with Crippen molar-refractivity contribution in [1.29, 1.82) is 5.26 Å². The van der Waals surface area contributed by atoms with Gasteiger partial charge in [-0.3, -0.25) is 0 Å². The highest BCUT2D eigenvalue weighted by Gasteiger charge is 2.41. The van der Waals surface area contributed by atoms with Gasteiger partial charge in [0.2, 0.25) is 0 Å². The fourth-order valence-electron chi connectivity index (χ4n) is 1.35. The van der Waals surface area contributed by atoms with Gasteiger partial charge < -0.3 is 4.90 Å². The fourth-order valence-corrected chi connectivity index (χ4v) is 1.35. The zero-order valence-corrected chi connectivity index (χ0v) is 7.06. The van der Waals surface area contributed by atoms with Gasteiger partial charge in [0.05, 0.1) is 6.07 Å². The Hall–Kier alpha value is -0.690. The summed E-state index contributed by atoms with van der Waals surface area (Å²) in [5.74, 6) is -3.89. The van der Waals surface area contributed by atoms with Crippen LogP contribution in [0.15, 0.2) is 0 Å². The number of hydrogen-bond donors (Lipinski definition) is 0. The van der Waals surface area contributed by atoms with Gasteiger partial charge in [-0.25, -0.2) is 8.78 Å². The Morgan fingerprint density at radius 3 is 2.75 bits per heavy atom. The van der Waals surface area contributed by atoms with E-state index < -0.39 is 11.8 Å². The number of hydrogen-bond acceptors (Lipinski definition) is 2. The van der Waals surface area contributed by atoms with Crippen LogP contribution in [-0.4, -0.2) is 31.0 Å². The van der Waals surface area contributed by atoms with Crippen molar-refractivity contribution >= 4 is 0 Å². The van der Waals surface area contributed by atoms with Crippen molar-refractivity contribution in [3.05, 3.63) is 0 Å². The third-order valence-electron chi connectivity index (χ3n) is 2.29. The van der Waals surface area contributed by atoms with Gasteiger partial charge in [-0.2, -0.15) is 5.26 Å². The van der Waals surface area contributed by atoms with E-state index in [9.17, 15) is 8.78 Å². The third kappa shape index (κ3) is 1.92. The van der Waals surface area contributed by atoms with E-state index in [1.54, 1.807) is 13.1 Å². The molecule has 1 unspecified atom stereocenters. The summed E-state index contributed by atoms with van der Waals surface area (Å²) < 4.78 is 26.1. The van der Waals surface area contributed by atoms with Gasteiger partial charge in [0.1, 0.15) is 5.92 Å². The Bertz CT molecular complexity index is 198. The van der Waals surface area contributed by atoms with E-state index in [1.165, 1.54) is 0 Å². The van der Waals surface area contributed by atoms with Crippen LogP contribution in [0, 0.1) is 17.2 Å². The van der Waals surface area contributed by atoms with E-state index in [0.29, 0.717) is 13.1 Å². The molecule has 0 bridgehead atoms. The van der Waals surface area contributed by atoms with Gasteiger partial charge in [-0.05, 0) is 20.0 Å². The summed E-state index contributed by atoms with van der Waals surface area (Å²) in [6.45, 7) is 0.971. The predicted octanol–water partition coefficient (Wildman–Crippen LogP) is 1.49. The van der Waals surface area contributed by atoms with E-state index in [-0.39, 0.29) is 12.8 Å². The van der Waals surface area contributed by atoms with E-state index in [1.807, 2.05) is 4.90 Å². The number of nitriles is 1. The number of rotatable bonds is 0. The van der Waals surface area contributed by atoms with E-state index in [0.717, 1.165) is 0 Å². The van der Waals surface area contributed by atoms with E-state index in [4.69, 9.17) is 5.26 Å². The van der Waals surface area contributed by atoms with Gasteiger partial charge in [0, 0.05) is 13.0 Å². The Balaban J connectivity index is 2.68. The summed E-state index contributed by atoms with van der Waals surface area (Å²) in [6, 6.07) is 1.68. The van der Waals surface area contributed by atoms with Gasteiger partial charge >= 0.3 is 0 Å². The zero-order chi connectivity index (χ0) is 9.19. The van der Waals surface area contributed by atoms with E-state index in [2.05, 4.69) is 0 Å². The minimum absolute atomic E-state index is 0.193. The highest BCUT2D eigenvalue weighted by Crippen LogP contribution is 2.32. The third-order valence-corrected chi connectivity index (χ3v) is 2.29. The van der Waals surface area contributed by atoms with Crippen LogP contribution in [0.5, 0.6) is 0 Å². The van der Waals surface area contributed by atoms with Crippen LogP contribution in [0.1, 0.15) is 12.8 Å². The molecule has 1 aliphatic heterocycles. The molecule has 68 valence electrons. The summed E-state index contributed by atoms with van der Waals surface area (Å²) in [4.78, 5) is 1.84. The maximum Gasteiger partial charge on any atom is 0.264 e. The topological polar surface area (TPSA) is 27.0 Å². The summed E-state index contributed by atoms with van der Waals surface area (Å²) >= 11 is 0. The number of nitrogens with zero attached hydrogens (tertiary/aromatic N) is 2. The van der Waals surface area contributed by atoms with Crippen molar-refractivity contribution in [3.63, 3.8) is 0 Å². The molecule has 4 heteroatoms. The second-order valence-electron chi connectivity index (χ2n) is 3.28. The van der Waals surface area contributed by atoms with Crippen molar-refractivity contribution in [3.8, 4) is 6.07 Å². The number of halogens is 2. The second-order valence-corrected chi connectivity index (χ2v) is 3.28. The van der Waals surface area contributed by atoms with Crippen molar-refractivity contribution in [2.24, 2.45) is 5.92 Å². The quantitative estimate of drug-likeness (QED) is 0.556. The Morgan fingerprint density at radius 2 is 2.17 bits per heavy atom. The van der Waals surface area contributed by atoms with Crippen molar-refractivity contribution < 1.29 is 8.78 Å². The summed E-state index contributed by atoms with van der Waals surface area (Å²) in [7, 11) is 1.80. The first-order chi connectivity index (χ1) is 5.56. The highest BCUT2D eigenvalue weighted by atomic mass is 19.3. The lowest BCUT2D eigenvalue weighted by Gasteiger charge is -2.17. The molecule has 0 aliphatic carbocycles. The minimum Gasteiger partial charge on any atom is -0.306 e. The van der Waals surface area contributed by atoms with E-state index >= 15 is 0 Å². The molecule has 0 aromatic carbocycles. The van der Waals surface area contributed by atoms with Crippen LogP contribution in [0.3, 0.4) is 0 Å². The van der Waals surface area contributed by atoms with Crippen LogP contribution in [0.2, 0.25) is 0 Å². The van der Waals surface area contributed by atoms with Crippen LogP contribution in [-0.2, 0) is 0 Å². The molecule has 0 spiro atoms. The standard InChI is InChI=1S/C8H12F2N2/c1-12-4-2-7(6-11)8(9,10)3-5-12/h7H,2-5H2,1H3. The minimum atomic E-state index is -2.79. The van der Waals surface area contributed by atoms with Crippen LogP contribution < -0.4 is 0 Å². The normalized spacial score (nSPS) is 30.7. The molecule has 1 aliphatic rings. The fraction of sp³-hybridized carbons (Fsp3) is 0.875.